The van der Waals surface area contributed by atoms with E-state index in [1.165, 1.54) is 6.07 Å². The number of halogens is 1. The number of hydrogen-bond donors (Lipinski definition) is 1. The van der Waals surface area contributed by atoms with Crippen LogP contribution in [0.4, 0.5) is 0 Å². The van der Waals surface area contributed by atoms with Crippen LogP contribution < -0.4 is 0 Å². The molecule has 0 aliphatic carbocycles. The van der Waals surface area contributed by atoms with Gasteiger partial charge >= 0.3 is 5.97 Å². The molecule has 0 bridgehead atoms. The van der Waals surface area contributed by atoms with Crippen molar-refractivity contribution in [1.29, 1.82) is 0 Å². The molecule has 0 spiro atoms. The smallest absolute Gasteiger partial charge is 0.338 e. The second-order valence-corrected chi connectivity index (χ2v) is 3.49. The van der Waals surface area contributed by atoms with Crippen molar-refractivity contribution in [3.05, 3.63) is 28.8 Å². The van der Waals surface area contributed by atoms with Gasteiger partial charge in [0.15, 0.2) is 0 Å². The van der Waals surface area contributed by atoms with E-state index in [9.17, 15) is 4.79 Å². The fourth-order valence-corrected chi connectivity index (χ4v) is 1.48. The van der Waals surface area contributed by atoms with Crippen molar-refractivity contribution in [1.82, 2.24) is 0 Å². The van der Waals surface area contributed by atoms with Crippen LogP contribution in [-0.2, 0) is 4.74 Å². The van der Waals surface area contributed by atoms with Crippen LogP contribution in [0.5, 0.6) is 0 Å². The summed E-state index contributed by atoms with van der Waals surface area (Å²) in [5, 5.41) is 0.336. The SMILES string of the molecule is CCOC(=O)c1ccc(SO)c(Cl)c1. The van der Waals surface area contributed by atoms with E-state index >= 15 is 0 Å². The molecule has 0 atom stereocenters. The van der Waals surface area contributed by atoms with E-state index in [2.05, 4.69) is 0 Å². The number of carbonyl (C=O) groups excluding carboxylic acids is 1. The minimum atomic E-state index is -0.413. The third-order valence-electron chi connectivity index (χ3n) is 1.54. The fourth-order valence-electron chi connectivity index (χ4n) is 0.916. The molecule has 0 radical (unpaired) electrons. The van der Waals surface area contributed by atoms with Crippen molar-refractivity contribution in [3.8, 4) is 0 Å². The highest BCUT2D eigenvalue weighted by Crippen LogP contribution is 2.25. The molecule has 1 aromatic rings. The molecule has 0 aromatic heterocycles. The zero-order valence-corrected chi connectivity index (χ0v) is 9.06. The lowest BCUT2D eigenvalue weighted by molar-refractivity contribution is 0.0526. The second kappa shape index (κ2) is 5.24. The van der Waals surface area contributed by atoms with Gasteiger partial charge in [-0.15, -0.1) is 0 Å². The molecule has 1 N–H and O–H groups in total. The van der Waals surface area contributed by atoms with Crippen molar-refractivity contribution in [2.45, 2.75) is 11.8 Å². The number of benzene rings is 1. The molecular formula is C9H9ClO3S. The summed E-state index contributed by atoms with van der Waals surface area (Å²) in [7, 11) is 0. The van der Waals surface area contributed by atoms with Gasteiger partial charge in [-0.3, -0.25) is 0 Å². The number of rotatable bonds is 3. The van der Waals surface area contributed by atoms with Gasteiger partial charge in [-0.25, -0.2) is 4.79 Å². The minimum Gasteiger partial charge on any atom is -0.462 e. The van der Waals surface area contributed by atoms with Crippen molar-refractivity contribution in [2.24, 2.45) is 0 Å². The van der Waals surface area contributed by atoms with Crippen LogP contribution in [0.15, 0.2) is 23.1 Å². The molecular weight excluding hydrogens is 224 g/mol. The first-order valence-electron chi connectivity index (χ1n) is 3.97. The van der Waals surface area contributed by atoms with Crippen molar-refractivity contribution in [3.63, 3.8) is 0 Å². The summed E-state index contributed by atoms with van der Waals surface area (Å²) in [6, 6.07) is 4.60. The monoisotopic (exact) mass is 232 g/mol. The average molecular weight is 233 g/mol. The second-order valence-electron chi connectivity index (χ2n) is 2.46. The van der Waals surface area contributed by atoms with Gasteiger partial charge in [-0.05, 0) is 25.1 Å². The van der Waals surface area contributed by atoms with E-state index in [0.29, 0.717) is 34.1 Å². The summed E-state index contributed by atoms with van der Waals surface area (Å²) in [5.74, 6) is -0.413. The quantitative estimate of drug-likeness (QED) is 0.643. The van der Waals surface area contributed by atoms with Crippen LogP contribution in [0.3, 0.4) is 0 Å². The van der Waals surface area contributed by atoms with Crippen LogP contribution in [0.2, 0.25) is 5.02 Å². The van der Waals surface area contributed by atoms with Crippen molar-refractivity contribution >= 4 is 29.6 Å². The summed E-state index contributed by atoms with van der Waals surface area (Å²) < 4.78 is 13.6. The largest absolute Gasteiger partial charge is 0.462 e. The highest BCUT2D eigenvalue weighted by Gasteiger charge is 2.09. The van der Waals surface area contributed by atoms with E-state index in [0.717, 1.165) is 0 Å². The number of ether oxygens (including phenoxy) is 1. The standard InChI is InChI=1S/C9H9ClO3S/c1-2-13-9(11)6-3-4-8(14-12)7(10)5-6/h3-5,12H,2H2,1H3. The molecule has 5 heteroatoms. The Balaban J connectivity index is 2.91. The summed E-state index contributed by atoms with van der Waals surface area (Å²) in [6.45, 7) is 2.06. The Bertz CT molecular complexity index is 341. The highest BCUT2D eigenvalue weighted by molar-refractivity contribution is 7.93. The lowest BCUT2D eigenvalue weighted by Gasteiger charge is -2.03. The molecule has 1 aromatic carbocycles. The summed E-state index contributed by atoms with van der Waals surface area (Å²) in [6.07, 6.45) is 0. The molecule has 0 aliphatic rings. The fraction of sp³-hybridized carbons (Fsp3) is 0.222. The van der Waals surface area contributed by atoms with Crippen LogP contribution >= 0.6 is 23.6 Å². The van der Waals surface area contributed by atoms with Gasteiger partial charge in [-0.2, -0.15) is 0 Å². The van der Waals surface area contributed by atoms with Crippen molar-refractivity contribution in [2.75, 3.05) is 6.61 Å². The topological polar surface area (TPSA) is 46.5 Å². The van der Waals surface area contributed by atoms with Crippen LogP contribution in [0.25, 0.3) is 0 Å². The molecule has 0 fully saturated rings. The summed E-state index contributed by atoms with van der Waals surface area (Å²) in [5.41, 5.74) is 0.384. The number of carbonyl (C=O) groups is 1. The zero-order valence-electron chi connectivity index (χ0n) is 7.49. The van der Waals surface area contributed by atoms with Gasteiger partial charge in [0.25, 0.3) is 0 Å². The molecule has 0 heterocycles. The molecule has 3 nitrogen and oxygen atoms in total. The van der Waals surface area contributed by atoms with Gasteiger partial charge in [0.05, 0.1) is 22.1 Å². The lowest BCUT2D eigenvalue weighted by atomic mass is 10.2. The predicted molar refractivity (Wildman–Crippen MR) is 55.9 cm³/mol. The highest BCUT2D eigenvalue weighted by atomic mass is 35.5. The Morgan fingerprint density at radius 3 is 2.86 bits per heavy atom. The Hall–Kier alpha value is -0.710. The summed E-state index contributed by atoms with van der Waals surface area (Å²) in [4.78, 5) is 11.8. The predicted octanol–water partition coefficient (Wildman–Crippen LogP) is 3.08. The maximum atomic E-state index is 11.2. The molecule has 1 rings (SSSR count). The van der Waals surface area contributed by atoms with E-state index in [-0.39, 0.29) is 0 Å². The zero-order chi connectivity index (χ0) is 10.6. The first-order chi connectivity index (χ1) is 6.69. The molecule has 76 valence electrons. The molecule has 0 saturated carbocycles. The normalized spacial score (nSPS) is 9.93. The maximum absolute atomic E-state index is 11.2. The van der Waals surface area contributed by atoms with E-state index in [1.807, 2.05) is 0 Å². The van der Waals surface area contributed by atoms with E-state index < -0.39 is 5.97 Å². The van der Waals surface area contributed by atoms with Gasteiger partial charge in [0.2, 0.25) is 0 Å². The molecule has 0 aliphatic heterocycles. The molecule has 0 saturated heterocycles. The van der Waals surface area contributed by atoms with Crippen LogP contribution in [0, 0.1) is 0 Å². The van der Waals surface area contributed by atoms with Crippen LogP contribution in [-0.4, -0.2) is 17.1 Å². The first-order valence-corrected chi connectivity index (χ1v) is 5.12. The minimum absolute atomic E-state index is 0.326. The van der Waals surface area contributed by atoms with Gasteiger partial charge in [0.1, 0.15) is 0 Å². The van der Waals surface area contributed by atoms with Crippen molar-refractivity contribution < 1.29 is 14.1 Å². The van der Waals surface area contributed by atoms with Gasteiger partial charge < -0.3 is 9.29 Å². The Morgan fingerprint density at radius 1 is 1.64 bits per heavy atom. The Labute approximate surface area is 91.2 Å². The maximum Gasteiger partial charge on any atom is 0.338 e. The molecule has 0 unspecified atom stereocenters. The third-order valence-corrected chi connectivity index (χ3v) is 2.52. The van der Waals surface area contributed by atoms with Crippen LogP contribution in [0.1, 0.15) is 17.3 Å². The van der Waals surface area contributed by atoms with Gasteiger partial charge in [-0.1, -0.05) is 11.6 Å². The Kier molecular flexibility index (Phi) is 4.25. The van der Waals surface area contributed by atoms with E-state index in [4.69, 9.17) is 20.9 Å². The lowest BCUT2D eigenvalue weighted by Crippen LogP contribution is -2.04. The Morgan fingerprint density at radius 2 is 2.36 bits per heavy atom. The molecule has 14 heavy (non-hydrogen) atoms. The summed E-state index contributed by atoms with van der Waals surface area (Å²) >= 11 is 6.33. The number of esters is 1. The third kappa shape index (κ3) is 2.64. The average Bonchev–Trinajstić information content (AvgIpc) is 2.18. The molecule has 0 amide bonds. The van der Waals surface area contributed by atoms with Gasteiger partial charge in [0, 0.05) is 12.0 Å². The van der Waals surface area contributed by atoms with E-state index in [1.54, 1.807) is 19.1 Å². The number of hydrogen-bond acceptors (Lipinski definition) is 4. The first kappa shape index (κ1) is 11.4.